The van der Waals surface area contributed by atoms with E-state index >= 15 is 0 Å². The molecule has 0 aliphatic rings. The van der Waals surface area contributed by atoms with Crippen LogP contribution in [0.1, 0.15) is 23.0 Å². The zero-order valence-corrected chi connectivity index (χ0v) is 12.1. The smallest absolute Gasteiger partial charge is 0.344 e. The molecule has 4 heteroatoms. The normalized spacial score (nSPS) is 10.6. The molecule has 0 radical (unpaired) electrons. The zero-order chi connectivity index (χ0) is 15.5. The first kappa shape index (κ1) is 14.1. The van der Waals surface area contributed by atoms with Crippen molar-refractivity contribution in [3.05, 3.63) is 76.3 Å². The number of carbonyl (C=O) groups excluding carboxylic acids is 1. The number of fused-ring (bicyclic) bond motifs is 1. The first-order chi connectivity index (χ1) is 10.7. The van der Waals surface area contributed by atoms with Crippen LogP contribution in [0.5, 0.6) is 0 Å². The molecular formula is C18H15NO3. The van der Waals surface area contributed by atoms with Crippen molar-refractivity contribution in [2.45, 2.75) is 13.3 Å². The number of benzene rings is 2. The van der Waals surface area contributed by atoms with Crippen molar-refractivity contribution in [3.8, 4) is 0 Å². The molecule has 0 atom stereocenters. The molecule has 0 saturated carbocycles. The SMILES string of the molecule is CCc1ccc(NC(=O)c2cc3ccccc3c(=O)o2)cc1. The standard InChI is InChI=1S/C18H15NO3/c1-2-12-7-9-14(10-8-12)19-17(20)16-11-13-5-3-4-6-15(13)18(21)22-16/h3-11H,2H2,1H3,(H,19,20). The molecule has 0 saturated heterocycles. The van der Waals surface area contributed by atoms with Gasteiger partial charge in [-0.2, -0.15) is 0 Å². The van der Waals surface area contributed by atoms with Gasteiger partial charge < -0.3 is 9.73 Å². The third-order valence-corrected chi connectivity index (χ3v) is 3.51. The highest BCUT2D eigenvalue weighted by atomic mass is 16.4. The molecule has 0 bridgehead atoms. The van der Waals surface area contributed by atoms with E-state index in [4.69, 9.17) is 4.42 Å². The van der Waals surface area contributed by atoms with Crippen LogP contribution >= 0.6 is 0 Å². The summed E-state index contributed by atoms with van der Waals surface area (Å²) in [7, 11) is 0. The highest BCUT2D eigenvalue weighted by molar-refractivity contribution is 6.03. The van der Waals surface area contributed by atoms with E-state index in [-0.39, 0.29) is 5.76 Å². The summed E-state index contributed by atoms with van der Waals surface area (Å²) in [6, 6.07) is 16.2. The minimum absolute atomic E-state index is 0.00303. The van der Waals surface area contributed by atoms with Crippen LogP contribution in [0, 0.1) is 0 Å². The fourth-order valence-electron chi connectivity index (χ4n) is 2.26. The van der Waals surface area contributed by atoms with Crippen molar-refractivity contribution in [3.63, 3.8) is 0 Å². The van der Waals surface area contributed by atoms with Gasteiger partial charge in [-0.25, -0.2) is 4.79 Å². The van der Waals surface area contributed by atoms with Crippen LogP contribution in [-0.4, -0.2) is 5.91 Å². The largest absolute Gasteiger partial charge is 0.417 e. The Balaban J connectivity index is 1.89. The summed E-state index contributed by atoms with van der Waals surface area (Å²) in [5.41, 5.74) is 1.35. The molecule has 0 unspecified atom stereocenters. The van der Waals surface area contributed by atoms with E-state index in [0.29, 0.717) is 16.5 Å². The van der Waals surface area contributed by atoms with Crippen molar-refractivity contribution >= 4 is 22.4 Å². The molecule has 1 amide bonds. The lowest BCUT2D eigenvalue weighted by Gasteiger charge is -2.06. The zero-order valence-electron chi connectivity index (χ0n) is 12.1. The summed E-state index contributed by atoms with van der Waals surface area (Å²) in [4.78, 5) is 24.1. The van der Waals surface area contributed by atoms with Crippen LogP contribution in [-0.2, 0) is 6.42 Å². The van der Waals surface area contributed by atoms with E-state index in [2.05, 4.69) is 12.2 Å². The summed E-state index contributed by atoms with van der Waals surface area (Å²) in [6.07, 6.45) is 0.938. The Hall–Kier alpha value is -2.88. The Morgan fingerprint density at radius 3 is 2.55 bits per heavy atom. The van der Waals surface area contributed by atoms with Gasteiger partial charge in [-0.3, -0.25) is 4.79 Å². The van der Waals surface area contributed by atoms with Gasteiger partial charge in [-0.15, -0.1) is 0 Å². The maximum Gasteiger partial charge on any atom is 0.344 e. The molecular weight excluding hydrogens is 278 g/mol. The monoisotopic (exact) mass is 293 g/mol. The highest BCUT2D eigenvalue weighted by Gasteiger charge is 2.12. The quantitative estimate of drug-likeness (QED) is 0.802. The molecule has 0 aliphatic heterocycles. The van der Waals surface area contributed by atoms with E-state index in [0.717, 1.165) is 6.42 Å². The molecule has 22 heavy (non-hydrogen) atoms. The van der Waals surface area contributed by atoms with Crippen LogP contribution in [0.4, 0.5) is 5.69 Å². The Labute approximate surface area is 127 Å². The highest BCUT2D eigenvalue weighted by Crippen LogP contribution is 2.14. The first-order valence-electron chi connectivity index (χ1n) is 7.10. The lowest BCUT2D eigenvalue weighted by Crippen LogP contribution is -2.14. The second-order valence-corrected chi connectivity index (χ2v) is 4.99. The van der Waals surface area contributed by atoms with E-state index in [9.17, 15) is 9.59 Å². The second kappa shape index (κ2) is 5.85. The minimum atomic E-state index is -0.510. The number of rotatable bonds is 3. The number of anilines is 1. The van der Waals surface area contributed by atoms with Crippen LogP contribution in [0.15, 0.2) is 63.8 Å². The van der Waals surface area contributed by atoms with Gasteiger partial charge in [0.25, 0.3) is 5.91 Å². The number of amides is 1. The maximum absolute atomic E-state index is 12.2. The van der Waals surface area contributed by atoms with Gasteiger partial charge in [-0.1, -0.05) is 37.3 Å². The molecule has 0 spiro atoms. The molecule has 1 heterocycles. The van der Waals surface area contributed by atoms with E-state index in [1.54, 1.807) is 24.3 Å². The van der Waals surface area contributed by atoms with Gasteiger partial charge in [0.2, 0.25) is 0 Å². The van der Waals surface area contributed by atoms with Crippen molar-refractivity contribution in [1.29, 1.82) is 0 Å². The summed E-state index contributed by atoms with van der Waals surface area (Å²) in [5.74, 6) is -0.435. The van der Waals surface area contributed by atoms with Gasteiger partial charge in [-0.05, 0) is 41.6 Å². The summed E-state index contributed by atoms with van der Waals surface area (Å²) in [6.45, 7) is 2.07. The van der Waals surface area contributed by atoms with Gasteiger partial charge >= 0.3 is 5.63 Å². The molecule has 1 aromatic heterocycles. The predicted octanol–water partition coefficient (Wildman–Crippen LogP) is 3.61. The maximum atomic E-state index is 12.2. The fourth-order valence-corrected chi connectivity index (χ4v) is 2.26. The minimum Gasteiger partial charge on any atom is -0.417 e. The van der Waals surface area contributed by atoms with Gasteiger partial charge in [0, 0.05) is 5.69 Å². The number of carbonyl (C=O) groups is 1. The summed E-state index contributed by atoms with van der Waals surface area (Å²) in [5, 5.41) is 3.88. The average molecular weight is 293 g/mol. The number of nitrogens with one attached hydrogen (secondary N) is 1. The Bertz CT molecular complexity index is 879. The summed E-state index contributed by atoms with van der Waals surface area (Å²) >= 11 is 0. The van der Waals surface area contributed by atoms with E-state index < -0.39 is 11.5 Å². The number of hydrogen-bond acceptors (Lipinski definition) is 3. The molecule has 0 aliphatic carbocycles. The fraction of sp³-hybridized carbons (Fsp3) is 0.111. The molecule has 3 rings (SSSR count). The molecule has 3 aromatic rings. The Kier molecular flexibility index (Phi) is 3.74. The molecule has 4 nitrogen and oxygen atoms in total. The first-order valence-corrected chi connectivity index (χ1v) is 7.10. The van der Waals surface area contributed by atoms with Crippen molar-refractivity contribution in [1.82, 2.24) is 0 Å². The lowest BCUT2D eigenvalue weighted by molar-refractivity contribution is 0.0993. The van der Waals surface area contributed by atoms with Gasteiger partial charge in [0.05, 0.1) is 5.39 Å². The molecule has 0 fully saturated rings. The Morgan fingerprint density at radius 2 is 1.82 bits per heavy atom. The summed E-state index contributed by atoms with van der Waals surface area (Å²) < 4.78 is 5.10. The van der Waals surface area contributed by atoms with E-state index in [1.807, 2.05) is 30.3 Å². The Morgan fingerprint density at radius 1 is 1.09 bits per heavy atom. The average Bonchev–Trinajstić information content (AvgIpc) is 2.55. The van der Waals surface area contributed by atoms with Crippen LogP contribution in [0.2, 0.25) is 0 Å². The molecule has 110 valence electrons. The van der Waals surface area contributed by atoms with Crippen molar-refractivity contribution in [2.24, 2.45) is 0 Å². The third kappa shape index (κ3) is 2.76. The van der Waals surface area contributed by atoms with Crippen LogP contribution in [0.25, 0.3) is 10.8 Å². The second-order valence-electron chi connectivity index (χ2n) is 4.99. The number of hydrogen-bond donors (Lipinski definition) is 1. The van der Waals surface area contributed by atoms with Crippen molar-refractivity contribution < 1.29 is 9.21 Å². The predicted molar refractivity (Wildman–Crippen MR) is 86.3 cm³/mol. The third-order valence-electron chi connectivity index (χ3n) is 3.51. The van der Waals surface area contributed by atoms with Gasteiger partial charge in [0.1, 0.15) is 0 Å². The van der Waals surface area contributed by atoms with Crippen LogP contribution < -0.4 is 10.9 Å². The molecule has 2 aromatic carbocycles. The van der Waals surface area contributed by atoms with Crippen molar-refractivity contribution in [2.75, 3.05) is 5.32 Å². The van der Waals surface area contributed by atoms with Crippen LogP contribution in [0.3, 0.4) is 0 Å². The molecule has 1 N–H and O–H groups in total. The number of aryl methyl sites for hydroxylation is 1. The van der Waals surface area contributed by atoms with E-state index in [1.165, 1.54) is 5.56 Å². The van der Waals surface area contributed by atoms with Gasteiger partial charge in [0.15, 0.2) is 5.76 Å². The lowest BCUT2D eigenvalue weighted by atomic mass is 10.1. The topological polar surface area (TPSA) is 59.3 Å².